The van der Waals surface area contributed by atoms with Gasteiger partial charge in [-0.3, -0.25) is 14.0 Å². The number of hydrogen-bond acceptors (Lipinski definition) is 4. The van der Waals surface area contributed by atoms with Crippen LogP contribution in [0, 0.1) is 6.92 Å². The van der Waals surface area contributed by atoms with E-state index in [-0.39, 0.29) is 17.6 Å². The summed E-state index contributed by atoms with van der Waals surface area (Å²) in [6, 6.07) is 1.95. The predicted molar refractivity (Wildman–Crippen MR) is 66.9 cm³/mol. The molecule has 17 heavy (non-hydrogen) atoms. The topological polar surface area (TPSA) is 56.3 Å². The van der Waals surface area contributed by atoms with Gasteiger partial charge in [-0.2, -0.15) is 0 Å². The number of esters is 1. The van der Waals surface area contributed by atoms with Crippen LogP contribution in [0.5, 0.6) is 0 Å². The van der Waals surface area contributed by atoms with Gasteiger partial charge >= 0.3 is 5.97 Å². The normalized spacial score (nSPS) is 14.1. The molecule has 2 atom stereocenters. The van der Waals surface area contributed by atoms with Gasteiger partial charge in [-0.15, -0.1) is 0 Å². The van der Waals surface area contributed by atoms with Crippen molar-refractivity contribution in [1.82, 2.24) is 4.98 Å². The molecule has 0 fully saturated rings. The largest absolute Gasteiger partial charge is 0.469 e. The smallest absolute Gasteiger partial charge is 0.306 e. The van der Waals surface area contributed by atoms with Crippen molar-refractivity contribution >= 4 is 16.8 Å². The van der Waals surface area contributed by atoms with E-state index in [1.54, 1.807) is 19.3 Å². The molecule has 4 nitrogen and oxygen atoms in total. The van der Waals surface area contributed by atoms with E-state index in [0.29, 0.717) is 5.75 Å². The number of ether oxygens (including phenoxy) is 1. The Labute approximate surface area is 104 Å². The molecule has 0 aliphatic heterocycles. The molecular formula is C12H17NO3S. The minimum absolute atomic E-state index is 0.183. The van der Waals surface area contributed by atoms with Crippen LogP contribution in [0.2, 0.25) is 0 Å². The Bertz CT molecular complexity index is 420. The quantitative estimate of drug-likeness (QED) is 0.750. The maximum atomic E-state index is 12.0. The molecule has 0 bridgehead atoms. The summed E-state index contributed by atoms with van der Waals surface area (Å²) in [4.78, 5) is 15.1. The second-order valence-corrected chi connectivity index (χ2v) is 5.84. The Kier molecular flexibility index (Phi) is 5.28. The number of hydrogen-bond donors (Lipinski definition) is 0. The number of carbonyl (C=O) groups is 1. The third-order valence-corrected chi connectivity index (χ3v) is 4.05. The molecule has 0 saturated heterocycles. The van der Waals surface area contributed by atoms with E-state index < -0.39 is 10.8 Å². The number of pyridine rings is 1. The van der Waals surface area contributed by atoms with Crippen LogP contribution in [-0.2, 0) is 26.1 Å². The maximum absolute atomic E-state index is 12.0. The van der Waals surface area contributed by atoms with Crippen molar-refractivity contribution in [3.8, 4) is 0 Å². The van der Waals surface area contributed by atoms with Crippen molar-refractivity contribution in [3.63, 3.8) is 0 Å². The van der Waals surface area contributed by atoms with Gasteiger partial charge in [-0.25, -0.2) is 0 Å². The van der Waals surface area contributed by atoms with Crippen molar-refractivity contribution < 1.29 is 13.7 Å². The highest BCUT2D eigenvalue weighted by Crippen LogP contribution is 2.10. The van der Waals surface area contributed by atoms with E-state index in [0.717, 1.165) is 11.1 Å². The zero-order chi connectivity index (χ0) is 12.8. The van der Waals surface area contributed by atoms with Crippen LogP contribution in [0.15, 0.2) is 18.5 Å². The van der Waals surface area contributed by atoms with Crippen molar-refractivity contribution in [3.05, 3.63) is 29.6 Å². The highest BCUT2D eigenvalue weighted by Gasteiger charge is 2.16. The summed E-state index contributed by atoms with van der Waals surface area (Å²) >= 11 is 0. The van der Waals surface area contributed by atoms with Crippen LogP contribution in [0.3, 0.4) is 0 Å². The van der Waals surface area contributed by atoms with E-state index >= 15 is 0 Å². The number of rotatable bonds is 5. The Balaban J connectivity index is 2.57. The summed E-state index contributed by atoms with van der Waals surface area (Å²) in [6.07, 6.45) is 3.64. The summed E-state index contributed by atoms with van der Waals surface area (Å²) in [5, 5.41) is -0.206. The molecule has 0 spiro atoms. The Hall–Kier alpha value is -1.23. The number of carbonyl (C=O) groups excluding carboxylic acids is 1. The van der Waals surface area contributed by atoms with Gasteiger partial charge in [0.2, 0.25) is 0 Å². The average Bonchev–Trinajstić information content (AvgIpc) is 2.28. The van der Waals surface area contributed by atoms with Gasteiger partial charge in [0.1, 0.15) is 0 Å². The van der Waals surface area contributed by atoms with Crippen LogP contribution in [-0.4, -0.2) is 27.5 Å². The van der Waals surface area contributed by atoms with Crippen molar-refractivity contribution in [2.75, 3.05) is 7.11 Å². The van der Waals surface area contributed by atoms with Gasteiger partial charge < -0.3 is 4.74 Å². The maximum Gasteiger partial charge on any atom is 0.306 e. The molecule has 5 heteroatoms. The summed E-state index contributed by atoms with van der Waals surface area (Å²) < 4.78 is 16.5. The van der Waals surface area contributed by atoms with Crippen LogP contribution >= 0.6 is 0 Å². The lowest BCUT2D eigenvalue weighted by Crippen LogP contribution is -2.18. The highest BCUT2D eigenvalue weighted by molar-refractivity contribution is 7.84. The molecular weight excluding hydrogens is 238 g/mol. The molecule has 1 aromatic heterocycles. The molecule has 1 heterocycles. The number of methoxy groups -OCH3 is 1. The van der Waals surface area contributed by atoms with Gasteiger partial charge in [-0.1, -0.05) is 13.0 Å². The molecule has 0 N–H and O–H groups in total. The van der Waals surface area contributed by atoms with Gasteiger partial charge in [0, 0.05) is 28.4 Å². The number of nitrogens with zero attached hydrogens (tertiary/aromatic N) is 1. The highest BCUT2D eigenvalue weighted by atomic mass is 32.2. The third-order valence-electron chi connectivity index (χ3n) is 2.37. The lowest BCUT2D eigenvalue weighted by Gasteiger charge is -2.10. The van der Waals surface area contributed by atoms with E-state index in [1.807, 2.05) is 13.0 Å². The lowest BCUT2D eigenvalue weighted by molar-refractivity contribution is -0.140. The first kappa shape index (κ1) is 13.8. The summed E-state index contributed by atoms with van der Waals surface area (Å²) in [5.74, 6) is 0.0977. The molecule has 1 aromatic rings. The fourth-order valence-corrected chi connectivity index (χ4v) is 2.51. The molecule has 0 aromatic carbocycles. The van der Waals surface area contributed by atoms with E-state index in [9.17, 15) is 9.00 Å². The van der Waals surface area contributed by atoms with Crippen LogP contribution in [0.1, 0.15) is 24.5 Å². The minimum atomic E-state index is -1.09. The molecule has 0 amide bonds. The fourth-order valence-electron chi connectivity index (χ4n) is 1.41. The second-order valence-electron chi connectivity index (χ2n) is 3.99. The number of aryl methyl sites for hydroxylation is 1. The minimum Gasteiger partial charge on any atom is -0.469 e. The monoisotopic (exact) mass is 255 g/mol. The molecule has 0 radical (unpaired) electrons. The standard InChI is InChI=1S/C12H17NO3S/c1-9-4-11(7-13-6-9)8-17(15)10(2)5-12(14)16-3/h4,6-7,10H,5,8H2,1-3H3. The summed E-state index contributed by atoms with van der Waals surface area (Å²) in [7, 11) is 0.249. The molecule has 94 valence electrons. The Morgan fingerprint density at radius 2 is 2.24 bits per heavy atom. The SMILES string of the molecule is COC(=O)CC(C)S(=O)Cc1cncc(C)c1. The van der Waals surface area contributed by atoms with E-state index in [4.69, 9.17) is 0 Å². The second kappa shape index (κ2) is 6.49. The zero-order valence-corrected chi connectivity index (χ0v) is 11.1. The number of aromatic nitrogens is 1. The molecule has 0 aliphatic rings. The molecule has 0 saturated carbocycles. The lowest BCUT2D eigenvalue weighted by atomic mass is 10.2. The van der Waals surface area contributed by atoms with E-state index in [2.05, 4.69) is 9.72 Å². The van der Waals surface area contributed by atoms with Gasteiger partial charge in [-0.05, 0) is 18.1 Å². The van der Waals surface area contributed by atoms with Gasteiger partial charge in [0.05, 0.1) is 19.3 Å². The third kappa shape index (κ3) is 4.65. The van der Waals surface area contributed by atoms with Crippen molar-refractivity contribution in [2.24, 2.45) is 0 Å². The zero-order valence-electron chi connectivity index (χ0n) is 10.3. The first-order valence-electron chi connectivity index (χ1n) is 5.37. The van der Waals surface area contributed by atoms with Crippen molar-refractivity contribution in [1.29, 1.82) is 0 Å². The van der Waals surface area contributed by atoms with Gasteiger partial charge in [0.25, 0.3) is 0 Å². The first-order valence-corrected chi connectivity index (χ1v) is 6.75. The Morgan fingerprint density at radius 1 is 1.53 bits per heavy atom. The fraction of sp³-hybridized carbons (Fsp3) is 0.500. The molecule has 0 aliphatic carbocycles. The first-order chi connectivity index (χ1) is 8.02. The van der Waals surface area contributed by atoms with Crippen LogP contribution < -0.4 is 0 Å². The summed E-state index contributed by atoms with van der Waals surface area (Å²) in [5.41, 5.74) is 1.97. The van der Waals surface area contributed by atoms with Crippen LogP contribution in [0.25, 0.3) is 0 Å². The molecule has 2 unspecified atom stereocenters. The van der Waals surface area contributed by atoms with Crippen molar-refractivity contribution in [2.45, 2.75) is 31.3 Å². The predicted octanol–water partition coefficient (Wildman–Crippen LogP) is 1.59. The Morgan fingerprint density at radius 3 is 2.82 bits per heavy atom. The summed E-state index contributed by atoms with van der Waals surface area (Å²) in [6.45, 7) is 3.73. The van der Waals surface area contributed by atoms with Crippen LogP contribution in [0.4, 0.5) is 0 Å². The van der Waals surface area contributed by atoms with Gasteiger partial charge in [0.15, 0.2) is 0 Å². The average molecular weight is 255 g/mol. The molecule has 1 rings (SSSR count). The van der Waals surface area contributed by atoms with E-state index in [1.165, 1.54) is 7.11 Å².